The number of methoxy groups -OCH3 is 1. The van der Waals surface area contributed by atoms with E-state index in [1.807, 2.05) is 0 Å². The van der Waals surface area contributed by atoms with Crippen molar-refractivity contribution in [1.29, 1.82) is 0 Å². The SMILES string of the molecule is COc1ccc(N2C[C@H](C(=O)Nc3ccc(F)cc3F)CC2=O)cc1. The number of hydrogen-bond donors (Lipinski definition) is 1. The van der Waals surface area contributed by atoms with E-state index >= 15 is 0 Å². The minimum atomic E-state index is -0.857. The van der Waals surface area contributed by atoms with Crippen molar-refractivity contribution < 1.29 is 23.1 Å². The number of hydrogen-bond acceptors (Lipinski definition) is 3. The Kier molecular flexibility index (Phi) is 4.65. The second-order valence-electron chi connectivity index (χ2n) is 5.72. The standard InChI is InChI=1S/C18H16F2N2O3/c1-25-14-5-3-13(4-6-14)22-10-11(8-17(22)23)18(24)21-16-7-2-12(19)9-15(16)20/h2-7,9,11H,8,10H2,1H3,(H,21,24)/t11-/m1/s1. The van der Waals surface area contributed by atoms with Crippen molar-refractivity contribution in [2.24, 2.45) is 5.92 Å². The second-order valence-corrected chi connectivity index (χ2v) is 5.72. The van der Waals surface area contributed by atoms with E-state index in [2.05, 4.69) is 5.32 Å². The lowest BCUT2D eigenvalue weighted by atomic mass is 10.1. The van der Waals surface area contributed by atoms with Crippen LogP contribution in [0.3, 0.4) is 0 Å². The highest BCUT2D eigenvalue weighted by Crippen LogP contribution is 2.28. The number of carbonyl (C=O) groups excluding carboxylic acids is 2. The van der Waals surface area contributed by atoms with Crippen molar-refractivity contribution >= 4 is 23.2 Å². The Labute approximate surface area is 143 Å². The van der Waals surface area contributed by atoms with E-state index in [9.17, 15) is 18.4 Å². The van der Waals surface area contributed by atoms with Crippen LogP contribution in [0.5, 0.6) is 5.75 Å². The van der Waals surface area contributed by atoms with E-state index in [0.29, 0.717) is 17.5 Å². The minimum Gasteiger partial charge on any atom is -0.497 e. The average molecular weight is 346 g/mol. The Morgan fingerprint density at radius 2 is 1.92 bits per heavy atom. The van der Waals surface area contributed by atoms with Gasteiger partial charge in [-0.1, -0.05) is 0 Å². The molecule has 0 radical (unpaired) electrons. The number of halogens is 2. The smallest absolute Gasteiger partial charge is 0.229 e. The molecular formula is C18H16F2N2O3. The second kappa shape index (κ2) is 6.88. The first-order chi connectivity index (χ1) is 12.0. The van der Waals surface area contributed by atoms with Crippen molar-refractivity contribution in [2.45, 2.75) is 6.42 Å². The molecule has 2 aromatic carbocycles. The molecule has 0 spiro atoms. The van der Waals surface area contributed by atoms with Crippen LogP contribution in [-0.2, 0) is 9.59 Å². The fraction of sp³-hybridized carbons (Fsp3) is 0.222. The summed E-state index contributed by atoms with van der Waals surface area (Å²) in [4.78, 5) is 26.0. The Bertz CT molecular complexity index is 808. The van der Waals surface area contributed by atoms with Crippen LogP contribution in [-0.4, -0.2) is 25.5 Å². The summed E-state index contributed by atoms with van der Waals surface area (Å²) in [7, 11) is 1.55. The van der Waals surface area contributed by atoms with E-state index in [1.165, 1.54) is 4.90 Å². The van der Waals surface area contributed by atoms with E-state index in [1.54, 1.807) is 31.4 Å². The summed E-state index contributed by atoms with van der Waals surface area (Å²) in [6.07, 6.45) is 0.0284. The van der Waals surface area contributed by atoms with Crippen LogP contribution in [0.15, 0.2) is 42.5 Å². The van der Waals surface area contributed by atoms with Crippen molar-refractivity contribution in [2.75, 3.05) is 23.9 Å². The van der Waals surface area contributed by atoms with Gasteiger partial charge in [-0.25, -0.2) is 8.78 Å². The molecule has 7 heteroatoms. The number of amides is 2. The molecular weight excluding hydrogens is 330 g/mol. The zero-order valence-electron chi connectivity index (χ0n) is 13.5. The molecule has 3 rings (SSSR count). The van der Waals surface area contributed by atoms with Gasteiger partial charge in [-0.15, -0.1) is 0 Å². The quantitative estimate of drug-likeness (QED) is 0.926. The first-order valence-corrected chi connectivity index (χ1v) is 7.68. The molecule has 0 bridgehead atoms. The lowest BCUT2D eigenvalue weighted by Gasteiger charge is -2.17. The molecule has 2 amide bonds. The molecule has 0 saturated carbocycles. The molecule has 1 saturated heterocycles. The number of carbonyl (C=O) groups is 2. The summed E-state index contributed by atoms with van der Waals surface area (Å²) >= 11 is 0. The van der Waals surface area contributed by atoms with Gasteiger partial charge in [-0.05, 0) is 36.4 Å². The van der Waals surface area contributed by atoms with E-state index in [-0.39, 0.29) is 24.6 Å². The van der Waals surface area contributed by atoms with Crippen LogP contribution >= 0.6 is 0 Å². The summed E-state index contributed by atoms with van der Waals surface area (Å²) in [6.45, 7) is 0.194. The zero-order chi connectivity index (χ0) is 18.0. The van der Waals surface area contributed by atoms with Gasteiger partial charge >= 0.3 is 0 Å². The number of benzene rings is 2. The molecule has 1 atom stereocenters. The van der Waals surface area contributed by atoms with E-state index in [4.69, 9.17) is 4.74 Å². The predicted molar refractivity (Wildman–Crippen MR) is 88.4 cm³/mol. The third kappa shape index (κ3) is 3.60. The highest BCUT2D eigenvalue weighted by molar-refractivity contribution is 6.03. The van der Waals surface area contributed by atoms with E-state index < -0.39 is 23.5 Å². The van der Waals surface area contributed by atoms with Crippen molar-refractivity contribution in [3.63, 3.8) is 0 Å². The summed E-state index contributed by atoms with van der Waals surface area (Å²) in [5, 5.41) is 2.41. The first-order valence-electron chi connectivity index (χ1n) is 7.68. The summed E-state index contributed by atoms with van der Waals surface area (Å²) in [5.41, 5.74) is 0.552. The van der Waals surface area contributed by atoms with E-state index in [0.717, 1.165) is 12.1 Å². The predicted octanol–water partition coefficient (Wildman–Crippen LogP) is 2.97. The third-order valence-electron chi connectivity index (χ3n) is 4.07. The van der Waals surface area contributed by atoms with Gasteiger partial charge in [0.25, 0.3) is 0 Å². The van der Waals surface area contributed by atoms with Gasteiger partial charge in [0.2, 0.25) is 11.8 Å². The Hall–Kier alpha value is -2.96. The molecule has 1 heterocycles. The minimum absolute atomic E-state index is 0.0284. The Morgan fingerprint density at radius 3 is 2.56 bits per heavy atom. The van der Waals surface area contributed by atoms with Crippen LogP contribution in [0.2, 0.25) is 0 Å². The number of rotatable bonds is 4. The monoisotopic (exact) mass is 346 g/mol. The molecule has 0 aromatic heterocycles. The van der Waals surface area contributed by atoms with Crippen LogP contribution < -0.4 is 15.0 Å². The topological polar surface area (TPSA) is 58.6 Å². The van der Waals surface area contributed by atoms with Gasteiger partial charge < -0.3 is 15.0 Å². The van der Waals surface area contributed by atoms with Gasteiger partial charge in [0, 0.05) is 24.7 Å². The fourth-order valence-corrected chi connectivity index (χ4v) is 2.72. The largest absolute Gasteiger partial charge is 0.497 e. The van der Waals surface area contributed by atoms with Crippen molar-refractivity contribution in [1.82, 2.24) is 0 Å². The normalized spacial score (nSPS) is 16.8. The summed E-state index contributed by atoms with van der Waals surface area (Å²) in [6, 6.07) is 9.82. The molecule has 0 aliphatic carbocycles. The lowest BCUT2D eigenvalue weighted by Crippen LogP contribution is -2.28. The van der Waals surface area contributed by atoms with Crippen molar-refractivity contribution in [3.05, 3.63) is 54.1 Å². The maximum atomic E-state index is 13.6. The molecule has 0 unspecified atom stereocenters. The lowest BCUT2D eigenvalue weighted by molar-refractivity contribution is -0.122. The van der Waals surface area contributed by atoms with Crippen molar-refractivity contribution in [3.8, 4) is 5.75 Å². The Balaban J connectivity index is 1.69. The first kappa shape index (κ1) is 16.9. The molecule has 1 N–H and O–H groups in total. The number of nitrogens with zero attached hydrogens (tertiary/aromatic N) is 1. The van der Waals surface area contributed by atoms with Gasteiger partial charge in [0.05, 0.1) is 18.7 Å². The van der Waals surface area contributed by atoms with Gasteiger partial charge in [-0.2, -0.15) is 0 Å². The molecule has 1 fully saturated rings. The molecule has 1 aliphatic heterocycles. The molecule has 2 aromatic rings. The zero-order valence-corrected chi connectivity index (χ0v) is 13.5. The average Bonchev–Trinajstić information content (AvgIpc) is 2.99. The molecule has 5 nitrogen and oxygen atoms in total. The number of ether oxygens (including phenoxy) is 1. The van der Waals surface area contributed by atoms with Gasteiger partial charge in [0.1, 0.15) is 17.4 Å². The number of anilines is 2. The fourth-order valence-electron chi connectivity index (χ4n) is 2.72. The summed E-state index contributed by atoms with van der Waals surface area (Å²) in [5.74, 6) is -2.20. The highest BCUT2D eigenvalue weighted by atomic mass is 19.1. The maximum absolute atomic E-state index is 13.6. The third-order valence-corrected chi connectivity index (χ3v) is 4.07. The van der Waals surface area contributed by atoms with Crippen LogP contribution in [0, 0.1) is 17.6 Å². The van der Waals surface area contributed by atoms with Crippen LogP contribution in [0.1, 0.15) is 6.42 Å². The van der Waals surface area contributed by atoms with Gasteiger partial charge in [0.15, 0.2) is 0 Å². The Morgan fingerprint density at radius 1 is 1.20 bits per heavy atom. The van der Waals surface area contributed by atoms with Crippen LogP contribution in [0.25, 0.3) is 0 Å². The molecule has 25 heavy (non-hydrogen) atoms. The summed E-state index contributed by atoms with van der Waals surface area (Å²) < 4.78 is 31.6. The van der Waals surface area contributed by atoms with Crippen LogP contribution in [0.4, 0.5) is 20.2 Å². The molecule has 130 valence electrons. The maximum Gasteiger partial charge on any atom is 0.229 e. The highest BCUT2D eigenvalue weighted by Gasteiger charge is 2.35. The number of nitrogens with one attached hydrogen (secondary N) is 1. The molecule has 1 aliphatic rings. The van der Waals surface area contributed by atoms with Gasteiger partial charge in [-0.3, -0.25) is 9.59 Å².